The van der Waals surface area contributed by atoms with E-state index in [0.29, 0.717) is 0 Å². The van der Waals surface area contributed by atoms with Crippen molar-refractivity contribution in [1.82, 2.24) is 14.6 Å². The van der Waals surface area contributed by atoms with Crippen LogP contribution in [0.15, 0.2) is 54.2 Å². The van der Waals surface area contributed by atoms with Gasteiger partial charge < -0.3 is 0 Å². The van der Waals surface area contributed by atoms with E-state index in [1.807, 2.05) is 10.7 Å². The van der Waals surface area contributed by atoms with Crippen LogP contribution in [0.1, 0.15) is 11.1 Å². The van der Waals surface area contributed by atoms with Crippen molar-refractivity contribution in [3.8, 4) is 22.4 Å². The molecule has 0 atom stereocenters. The van der Waals surface area contributed by atoms with Gasteiger partial charge in [-0.1, -0.05) is 59.4 Å². The molecule has 0 radical (unpaired) electrons. The van der Waals surface area contributed by atoms with Crippen molar-refractivity contribution >= 4 is 16.3 Å². The first-order valence-electron chi connectivity index (χ1n) is 7.18. The molecule has 0 fully saturated rings. The van der Waals surface area contributed by atoms with Crippen molar-refractivity contribution in [2.75, 3.05) is 0 Å². The maximum Gasteiger partial charge on any atom is 0.212 e. The molecule has 108 valence electrons. The van der Waals surface area contributed by atoms with Crippen LogP contribution in [-0.2, 0) is 0 Å². The summed E-state index contributed by atoms with van der Waals surface area (Å²) in [6.45, 7) is 4.24. The summed E-state index contributed by atoms with van der Waals surface area (Å²) in [6, 6.07) is 15.2. The first-order chi connectivity index (χ1) is 10.7. The number of imidazole rings is 1. The summed E-state index contributed by atoms with van der Waals surface area (Å²) in [5, 5.41) is 4.24. The summed E-state index contributed by atoms with van der Waals surface area (Å²) in [7, 11) is 0. The average Bonchev–Trinajstić information content (AvgIpc) is 3.09. The van der Waals surface area contributed by atoms with Crippen LogP contribution in [0.3, 0.4) is 0 Å². The molecule has 0 aliphatic heterocycles. The van der Waals surface area contributed by atoms with Gasteiger partial charge in [0.25, 0.3) is 0 Å². The summed E-state index contributed by atoms with van der Waals surface area (Å²) in [6.07, 6.45) is 1.99. The third-order valence-electron chi connectivity index (χ3n) is 3.87. The number of rotatable bonds is 2. The fourth-order valence-electron chi connectivity index (χ4n) is 2.65. The van der Waals surface area contributed by atoms with Gasteiger partial charge >= 0.3 is 0 Å². The van der Waals surface area contributed by atoms with Crippen molar-refractivity contribution in [2.24, 2.45) is 0 Å². The van der Waals surface area contributed by atoms with E-state index in [2.05, 4.69) is 66.4 Å². The Hall–Kier alpha value is -2.46. The van der Waals surface area contributed by atoms with Gasteiger partial charge in [0.2, 0.25) is 4.96 Å². The second kappa shape index (κ2) is 5.07. The number of aromatic nitrogens is 3. The van der Waals surface area contributed by atoms with Gasteiger partial charge in [-0.25, -0.2) is 9.50 Å². The molecule has 0 amide bonds. The highest BCUT2D eigenvalue weighted by atomic mass is 32.1. The van der Waals surface area contributed by atoms with E-state index in [4.69, 9.17) is 0 Å². The van der Waals surface area contributed by atoms with E-state index in [1.165, 1.54) is 22.3 Å². The maximum atomic E-state index is 4.64. The van der Waals surface area contributed by atoms with Crippen LogP contribution in [-0.4, -0.2) is 14.6 Å². The molecule has 0 saturated carbocycles. The zero-order chi connectivity index (χ0) is 15.1. The zero-order valence-corrected chi connectivity index (χ0v) is 13.3. The molecule has 3 nitrogen and oxygen atoms in total. The van der Waals surface area contributed by atoms with E-state index in [0.717, 1.165) is 16.2 Å². The number of nitrogens with zero attached hydrogens (tertiary/aromatic N) is 3. The highest BCUT2D eigenvalue weighted by molar-refractivity contribution is 7.14. The van der Waals surface area contributed by atoms with Crippen LogP contribution >= 0.6 is 11.3 Å². The lowest BCUT2D eigenvalue weighted by Crippen LogP contribution is -1.86. The molecule has 22 heavy (non-hydrogen) atoms. The van der Waals surface area contributed by atoms with Crippen LogP contribution in [0.4, 0.5) is 0 Å². The number of aryl methyl sites for hydroxylation is 2. The average molecular weight is 305 g/mol. The fourth-order valence-corrected chi connectivity index (χ4v) is 3.25. The van der Waals surface area contributed by atoms with Gasteiger partial charge in [0, 0.05) is 5.56 Å². The molecule has 4 aromatic rings. The zero-order valence-electron chi connectivity index (χ0n) is 12.4. The van der Waals surface area contributed by atoms with Crippen molar-refractivity contribution in [3.63, 3.8) is 0 Å². The highest BCUT2D eigenvalue weighted by Gasteiger charge is 2.09. The molecule has 2 heterocycles. The fraction of sp³-hybridized carbons (Fsp3) is 0.111. The summed E-state index contributed by atoms with van der Waals surface area (Å²) in [5.41, 5.74) is 8.93. The van der Waals surface area contributed by atoms with Crippen LogP contribution in [0.25, 0.3) is 27.3 Å². The summed E-state index contributed by atoms with van der Waals surface area (Å²) in [5.74, 6) is 0. The number of hydrogen-bond donors (Lipinski definition) is 0. The van der Waals surface area contributed by atoms with E-state index < -0.39 is 0 Å². The van der Waals surface area contributed by atoms with Gasteiger partial charge in [0.1, 0.15) is 5.51 Å². The SMILES string of the molecule is Cc1ccc(-c2ccc(-c3cn4ncsc4n3)c(C)c2)cc1. The van der Waals surface area contributed by atoms with Crippen molar-refractivity contribution < 1.29 is 0 Å². The number of benzene rings is 2. The van der Waals surface area contributed by atoms with Gasteiger partial charge in [0.05, 0.1) is 11.9 Å². The lowest BCUT2D eigenvalue weighted by Gasteiger charge is -2.07. The number of hydrogen-bond acceptors (Lipinski definition) is 3. The summed E-state index contributed by atoms with van der Waals surface area (Å²) in [4.78, 5) is 5.56. The Labute approximate surface area is 132 Å². The predicted octanol–water partition coefficient (Wildman–Crippen LogP) is 4.74. The monoisotopic (exact) mass is 305 g/mol. The molecule has 0 aliphatic rings. The van der Waals surface area contributed by atoms with Crippen molar-refractivity contribution in [1.29, 1.82) is 0 Å². The minimum Gasteiger partial charge on any atom is -0.217 e. The minimum absolute atomic E-state index is 0.928. The van der Waals surface area contributed by atoms with Crippen LogP contribution in [0, 0.1) is 13.8 Å². The Bertz CT molecular complexity index is 920. The van der Waals surface area contributed by atoms with Crippen LogP contribution in [0.2, 0.25) is 0 Å². The highest BCUT2D eigenvalue weighted by Crippen LogP contribution is 2.28. The Morgan fingerprint density at radius 2 is 1.73 bits per heavy atom. The summed E-state index contributed by atoms with van der Waals surface area (Å²) < 4.78 is 1.83. The molecule has 0 spiro atoms. The van der Waals surface area contributed by atoms with Gasteiger partial charge in [0.15, 0.2) is 0 Å². The minimum atomic E-state index is 0.928. The number of fused-ring (bicyclic) bond motifs is 1. The Kier molecular flexibility index (Phi) is 3.05. The smallest absolute Gasteiger partial charge is 0.212 e. The van der Waals surface area contributed by atoms with Crippen LogP contribution < -0.4 is 0 Å². The van der Waals surface area contributed by atoms with Crippen molar-refractivity contribution in [3.05, 3.63) is 65.3 Å². The van der Waals surface area contributed by atoms with Crippen molar-refractivity contribution in [2.45, 2.75) is 13.8 Å². The normalized spacial score (nSPS) is 11.2. The first kappa shape index (κ1) is 13.2. The first-order valence-corrected chi connectivity index (χ1v) is 8.05. The lowest BCUT2D eigenvalue weighted by molar-refractivity contribution is 0.974. The van der Waals surface area contributed by atoms with Crippen LogP contribution in [0.5, 0.6) is 0 Å². The Morgan fingerprint density at radius 1 is 0.955 bits per heavy atom. The molecule has 4 heteroatoms. The molecule has 0 unspecified atom stereocenters. The van der Waals surface area contributed by atoms with Gasteiger partial charge in [-0.05, 0) is 30.5 Å². The van der Waals surface area contributed by atoms with Gasteiger partial charge in [-0.3, -0.25) is 0 Å². The van der Waals surface area contributed by atoms with Gasteiger partial charge in [-0.15, -0.1) is 0 Å². The van der Waals surface area contributed by atoms with E-state index in [9.17, 15) is 0 Å². The topological polar surface area (TPSA) is 30.2 Å². The molecule has 0 bridgehead atoms. The van der Waals surface area contributed by atoms with E-state index >= 15 is 0 Å². The molecule has 0 aliphatic carbocycles. The second-order valence-electron chi connectivity index (χ2n) is 5.49. The standard InChI is InChI=1S/C18H15N3S/c1-12-3-5-14(6-4-12)15-7-8-16(13(2)9-15)17-10-21-18(20-17)22-11-19-21/h3-11H,1-2H3. The molecule has 0 saturated heterocycles. The largest absolute Gasteiger partial charge is 0.217 e. The molecular formula is C18H15N3S. The van der Waals surface area contributed by atoms with E-state index in [1.54, 1.807) is 16.8 Å². The third-order valence-corrected chi connectivity index (χ3v) is 4.56. The molecule has 4 rings (SSSR count). The Morgan fingerprint density at radius 3 is 2.45 bits per heavy atom. The summed E-state index contributed by atoms with van der Waals surface area (Å²) >= 11 is 1.55. The van der Waals surface area contributed by atoms with E-state index in [-0.39, 0.29) is 0 Å². The molecular weight excluding hydrogens is 290 g/mol. The third kappa shape index (κ3) is 2.22. The maximum absolute atomic E-state index is 4.64. The second-order valence-corrected chi connectivity index (χ2v) is 6.30. The quantitative estimate of drug-likeness (QED) is 0.535. The molecule has 2 aromatic heterocycles. The van der Waals surface area contributed by atoms with Gasteiger partial charge in [-0.2, -0.15) is 5.10 Å². The molecule has 0 N–H and O–H groups in total. The lowest BCUT2D eigenvalue weighted by atomic mass is 9.98. The Balaban J connectivity index is 1.76. The predicted molar refractivity (Wildman–Crippen MR) is 91.2 cm³/mol. The molecule has 2 aromatic carbocycles.